The summed E-state index contributed by atoms with van der Waals surface area (Å²) in [6, 6.07) is 18.2. The molecule has 0 radical (unpaired) electrons. The van der Waals surface area contributed by atoms with E-state index < -0.39 is 11.8 Å². The number of hydrogen-bond donors (Lipinski definition) is 4. The van der Waals surface area contributed by atoms with Crippen LogP contribution in [-0.4, -0.2) is 22.0 Å². The number of carbonyl (C=O) groups is 2. The molecular weight excluding hydrogens is 464 g/mol. The third-order valence-corrected chi connectivity index (χ3v) is 5.72. The molecule has 4 N–H and O–H groups in total. The Morgan fingerprint density at radius 2 is 0.882 bits per heavy atom. The second kappa shape index (κ2) is 11.0. The SMILES string of the molecule is Cc1cccc(C)c1NC(=S)NC(=O)c1ccccc1C(=O)NC(=S)Nc1c(C)cccc1C. The van der Waals surface area contributed by atoms with E-state index in [9.17, 15) is 9.59 Å². The van der Waals surface area contributed by atoms with Crippen molar-refractivity contribution in [1.82, 2.24) is 10.6 Å². The zero-order chi connectivity index (χ0) is 24.8. The highest BCUT2D eigenvalue weighted by Crippen LogP contribution is 2.20. The van der Waals surface area contributed by atoms with Crippen LogP contribution in [0.15, 0.2) is 60.7 Å². The topological polar surface area (TPSA) is 82.3 Å². The molecule has 0 atom stereocenters. The lowest BCUT2D eigenvalue weighted by Gasteiger charge is -2.16. The van der Waals surface area contributed by atoms with Crippen LogP contribution in [0, 0.1) is 27.7 Å². The van der Waals surface area contributed by atoms with Gasteiger partial charge in [0.15, 0.2) is 10.2 Å². The molecule has 3 rings (SSSR count). The largest absolute Gasteiger partial charge is 0.332 e. The highest BCUT2D eigenvalue weighted by molar-refractivity contribution is 7.80. The number of benzene rings is 3. The molecular formula is C26H26N4O2S2. The molecule has 0 fully saturated rings. The first-order chi connectivity index (χ1) is 16.2. The van der Waals surface area contributed by atoms with Crippen molar-refractivity contribution < 1.29 is 9.59 Å². The number of amides is 2. The van der Waals surface area contributed by atoms with Gasteiger partial charge in [0.25, 0.3) is 11.8 Å². The van der Waals surface area contributed by atoms with Crippen LogP contribution in [0.4, 0.5) is 11.4 Å². The van der Waals surface area contributed by atoms with Crippen LogP contribution in [0.1, 0.15) is 43.0 Å². The molecule has 3 aromatic carbocycles. The van der Waals surface area contributed by atoms with Crippen molar-refractivity contribution in [2.24, 2.45) is 0 Å². The molecule has 0 unspecified atom stereocenters. The van der Waals surface area contributed by atoms with E-state index in [0.717, 1.165) is 33.6 Å². The lowest BCUT2D eigenvalue weighted by atomic mass is 10.1. The van der Waals surface area contributed by atoms with E-state index in [1.807, 2.05) is 64.1 Å². The van der Waals surface area contributed by atoms with E-state index in [0.29, 0.717) is 0 Å². The summed E-state index contributed by atoms with van der Waals surface area (Å²) in [5.41, 5.74) is 6.04. The standard InChI is InChI=1S/C26H26N4O2S2/c1-15-9-7-10-16(2)21(15)27-25(33)29-23(31)19-13-5-6-14-20(19)24(32)30-26(34)28-22-17(3)11-8-12-18(22)4/h5-14H,1-4H3,(H2,27,29,31,33)(H2,28,30,32,34). The minimum absolute atomic E-state index is 0.143. The lowest BCUT2D eigenvalue weighted by Crippen LogP contribution is -2.38. The highest BCUT2D eigenvalue weighted by atomic mass is 32.1. The summed E-state index contributed by atoms with van der Waals surface area (Å²) in [5, 5.41) is 11.7. The predicted molar refractivity (Wildman–Crippen MR) is 146 cm³/mol. The van der Waals surface area contributed by atoms with Gasteiger partial charge in [-0.05, 0) is 86.5 Å². The Hall–Kier alpha value is -3.62. The predicted octanol–water partition coefficient (Wildman–Crippen LogP) is 5.17. The van der Waals surface area contributed by atoms with Gasteiger partial charge in [0.2, 0.25) is 0 Å². The second-order valence-corrected chi connectivity index (χ2v) is 8.71. The van der Waals surface area contributed by atoms with Crippen LogP contribution in [0.5, 0.6) is 0 Å². The van der Waals surface area contributed by atoms with Crippen LogP contribution in [0.25, 0.3) is 0 Å². The van der Waals surface area contributed by atoms with Gasteiger partial charge in [0.05, 0.1) is 11.1 Å². The van der Waals surface area contributed by atoms with Crippen molar-refractivity contribution >= 4 is 57.8 Å². The number of hydrogen-bond acceptors (Lipinski definition) is 4. The molecule has 0 heterocycles. The lowest BCUT2D eigenvalue weighted by molar-refractivity contribution is 0.0944. The Kier molecular flexibility index (Phi) is 8.09. The Morgan fingerprint density at radius 3 is 1.21 bits per heavy atom. The van der Waals surface area contributed by atoms with Gasteiger partial charge in [0.1, 0.15) is 0 Å². The number of anilines is 2. The Labute approximate surface area is 210 Å². The zero-order valence-electron chi connectivity index (χ0n) is 19.4. The number of thiocarbonyl (C=S) groups is 2. The quantitative estimate of drug-likeness (QED) is 0.378. The maximum atomic E-state index is 12.9. The molecule has 8 heteroatoms. The van der Waals surface area contributed by atoms with Crippen molar-refractivity contribution in [2.45, 2.75) is 27.7 Å². The van der Waals surface area contributed by atoms with E-state index in [-0.39, 0.29) is 21.4 Å². The molecule has 0 saturated carbocycles. The molecule has 34 heavy (non-hydrogen) atoms. The molecule has 174 valence electrons. The zero-order valence-corrected chi connectivity index (χ0v) is 21.0. The summed E-state index contributed by atoms with van der Waals surface area (Å²) in [7, 11) is 0. The van der Waals surface area contributed by atoms with Crippen molar-refractivity contribution in [3.63, 3.8) is 0 Å². The van der Waals surface area contributed by atoms with Crippen LogP contribution in [0.3, 0.4) is 0 Å². The first-order valence-electron chi connectivity index (χ1n) is 10.6. The third-order valence-electron chi connectivity index (χ3n) is 5.31. The first kappa shape index (κ1) is 25.0. The summed E-state index contributed by atoms with van der Waals surface area (Å²) in [4.78, 5) is 25.9. The normalized spacial score (nSPS) is 10.2. The number of rotatable bonds is 4. The smallest absolute Gasteiger partial charge is 0.258 e. The average molecular weight is 491 g/mol. The van der Waals surface area contributed by atoms with Gasteiger partial charge >= 0.3 is 0 Å². The fourth-order valence-corrected chi connectivity index (χ4v) is 3.92. The maximum absolute atomic E-state index is 12.9. The molecule has 3 aromatic rings. The van der Waals surface area contributed by atoms with Crippen LogP contribution >= 0.6 is 24.4 Å². The van der Waals surface area contributed by atoms with E-state index in [1.54, 1.807) is 24.3 Å². The number of para-hydroxylation sites is 2. The third kappa shape index (κ3) is 6.03. The molecule has 0 aromatic heterocycles. The minimum atomic E-state index is -0.497. The summed E-state index contributed by atoms with van der Waals surface area (Å²) in [5.74, 6) is -0.994. The summed E-state index contributed by atoms with van der Waals surface area (Å²) < 4.78 is 0. The van der Waals surface area contributed by atoms with E-state index >= 15 is 0 Å². The van der Waals surface area contributed by atoms with Crippen molar-refractivity contribution in [1.29, 1.82) is 0 Å². The molecule has 0 aliphatic heterocycles. The second-order valence-electron chi connectivity index (χ2n) is 7.90. The molecule has 0 bridgehead atoms. The van der Waals surface area contributed by atoms with Crippen LogP contribution in [0.2, 0.25) is 0 Å². The van der Waals surface area contributed by atoms with E-state index in [4.69, 9.17) is 24.4 Å². The fraction of sp³-hybridized carbons (Fsp3) is 0.154. The number of carbonyl (C=O) groups excluding carboxylic acids is 2. The molecule has 0 aliphatic carbocycles. The first-order valence-corrected chi connectivity index (χ1v) is 11.4. The number of nitrogens with one attached hydrogen (secondary N) is 4. The van der Waals surface area contributed by atoms with Gasteiger partial charge in [-0.25, -0.2) is 0 Å². The number of aryl methyl sites for hydroxylation is 4. The van der Waals surface area contributed by atoms with Crippen molar-refractivity contribution in [2.75, 3.05) is 10.6 Å². The van der Waals surface area contributed by atoms with Gasteiger partial charge in [-0.2, -0.15) is 0 Å². The summed E-state index contributed by atoms with van der Waals surface area (Å²) in [6.45, 7) is 7.81. The van der Waals surface area contributed by atoms with Gasteiger partial charge < -0.3 is 10.6 Å². The van der Waals surface area contributed by atoms with Crippen molar-refractivity contribution in [3.8, 4) is 0 Å². The molecule has 0 saturated heterocycles. The summed E-state index contributed by atoms with van der Waals surface area (Å²) in [6.07, 6.45) is 0. The maximum Gasteiger partial charge on any atom is 0.258 e. The monoisotopic (exact) mass is 490 g/mol. The molecule has 6 nitrogen and oxygen atoms in total. The van der Waals surface area contributed by atoms with Crippen LogP contribution < -0.4 is 21.3 Å². The van der Waals surface area contributed by atoms with E-state index in [1.165, 1.54) is 0 Å². The summed E-state index contributed by atoms with van der Waals surface area (Å²) >= 11 is 10.7. The molecule has 0 aliphatic rings. The van der Waals surface area contributed by atoms with Crippen molar-refractivity contribution in [3.05, 3.63) is 94.0 Å². The Balaban J connectivity index is 1.70. The average Bonchev–Trinajstić information content (AvgIpc) is 2.79. The highest BCUT2D eigenvalue weighted by Gasteiger charge is 2.19. The minimum Gasteiger partial charge on any atom is -0.332 e. The van der Waals surface area contributed by atoms with E-state index in [2.05, 4.69) is 21.3 Å². The Bertz CT molecular complexity index is 1150. The Morgan fingerprint density at radius 1 is 0.559 bits per heavy atom. The van der Waals surface area contributed by atoms with Gasteiger partial charge in [0, 0.05) is 11.4 Å². The van der Waals surface area contributed by atoms with Gasteiger partial charge in [-0.1, -0.05) is 48.5 Å². The van der Waals surface area contributed by atoms with Gasteiger partial charge in [-0.15, -0.1) is 0 Å². The molecule has 0 spiro atoms. The van der Waals surface area contributed by atoms with Gasteiger partial charge in [-0.3, -0.25) is 20.2 Å². The molecule has 2 amide bonds. The fourth-order valence-electron chi connectivity index (χ4n) is 3.53. The van der Waals surface area contributed by atoms with Crippen LogP contribution in [-0.2, 0) is 0 Å².